The third kappa shape index (κ3) is 5.07. The number of halogens is 3. The SMILES string of the molecule is Cc1cc2c(nc1-c1cccc(C(F)(F)F)c1)N(C(=O)Nc1nccc(OC[C@H](O)CO)n1)C1CCN2C1. The van der Waals surface area contributed by atoms with Crippen LogP contribution in [0.25, 0.3) is 11.3 Å². The number of benzene rings is 1. The Labute approximate surface area is 215 Å². The summed E-state index contributed by atoms with van der Waals surface area (Å²) in [6.45, 7) is 2.41. The number of aliphatic hydroxyl groups is 2. The van der Waals surface area contributed by atoms with Crippen LogP contribution in [-0.2, 0) is 6.18 Å². The van der Waals surface area contributed by atoms with Gasteiger partial charge in [0.15, 0.2) is 5.82 Å². The summed E-state index contributed by atoms with van der Waals surface area (Å²) in [5.74, 6) is 0.389. The van der Waals surface area contributed by atoms with E-state index in [1.807, 2.05) is 6.07 Å². The number of amides is 2. The molecular formula is C25H25F3N6O4. The van der Waals surface area contributed by atoms with Crippen LogP contribution in [0.15, 0.2) is 42.6 Å². The molecule has 0 saturated carbocycles. The van der Waals surface area contributed by atoms with E-state index in [-0.39, 0.29) is 24.5 Å². The number of hydrogen-bond donors (Lipinski definition) is 3. The van der Waals surface area contributed by atoms with Gasteiger partial charge in [0.05, 0.1) is 29.6 Å². The van der Waals surface area contributed by atoms with E-state index in [1.165, 1.54) is 23.2 Å². The molecule has 2 atom stereocenters. The smallest absolute Gasteiger partial charge is 0.416 e. The maximum Gasteiger partial charge on any atom is 0.416 e. The van der Waals surface area contributed by atoms with E-state index in [1.54, 1.807) is 13.0 Å². The molecule has 1 aromatic carbocycles. The highest BCUT2D eigenvalue weighted by Gasteiger charge is 2.41. The van der Waals surface area contributed by atoms with Gasteiger partial charge in [0.2, 0.25) is 11.8 Å². The van der Waals surface area contributed by atoms with E-state index >= 15 is 0 Å². The lowest BCUT2D eigenvalue weighted by Gasteiger charge is -2.36. The Balaban J connectivity index is 1.46. The number of carbonyl (C=O) groups is 1. The number of ether oxygens (including phenoxy) is 1. The number of aryl methyl sites for hydroxylation is 1. The number of aliphatic hydroxyl groups excluding tert-OH is 2. The molecule has 3 aromatic rings. The first-order valence-electron chi connectivity index (χ1n) is 11.9. The summed E-state index contributed by atoms with van der Waals surface area (Å²) >= 11 is 0. The van der Waals surface area contributed by atoms with Gasteiger partial charge in [-0.25, -0.2) is 14.8 Å². The second-order valence-electron chi connectivity index (χ2n) is 9.13. The lowest BCUT2D eigenvalue weighted by molar-refractivity contribution is -0.137. The summed E-state index contributed by atoms with van der Waals surface area (Å²) < 4.78 is 45.4. The van der Waals surface area contributed by atoms with Crippen LogP contribution in [0.4, 0.5) is 35.4 Å². The summed E-state index contributed by atoms with van der Waals surface area (Å²) in [5.41, 5.74) is 1.28. The minimum absolute atomic E-state index is 0.0434. The third-order valence-corrected chi connectivity index (χ3v) is 6.44. The fraction of sp³-hybridized carbons (Fsp3) is 0.360. The van der Waals surface area contributed by atoms with Gasteiger partial charge in [-0.2, -0.15) is 18.2 Å². The molecule has 0 spiro atoms. The van der Waals surface area contributed by atoms with Crippen molar-refractivity contribution in [2.45, 2.75) is 31.7 Å². The van der Waals surface area contributed by atoms with Gasteiger partial charge in [-0.1, -0.05) is 12.1 Å². The van der Waals surface area contributed by atoms with Crippen LogP contribution in [0.1, 0.15) is 17.5 Å². The summed E-state index contributed by atoms with van der Waals surface area (Å²) in [5, 5.41) is 21.1. The normalized spacial score (nSPS) is 17.3. The van der Waals surface area contributed by atoms with Crippen molar-refractivity contribution in [2.75, 3.05) is 41.4 Å². The van der Waals surface area contributed by atoms with Crippen molar-refractivity contribution in [1.82, 2.24) is 15.0 Å². The highest BCUT2D eigenvalue weighted by Crippen LogP contribution is 2.42. The Morgan fingerprint density at radius 1 is 1.26 bits per heavy atom. The highest BCUT2D eigenvalue weighted by molar-refractivity contribution is 6.04. The van der Waals surface area contributed by atoms with Crippen molar-refractivity contribution in [3.63, 3.8) is 0 Å². The fourth-order valence-electron chi connectivity index (χ4n) is 4.61. The summed E-state index contributed by atoms with van der Waals surface area (Å²) in [6.07, 6.45) is -3.52. The van der Waals surface area contributed by atoms with Gasteiger partial charge in [-0.3, -0.25) is 10.2 Å². The molecule has 38 heavy (non-hydrogen) atoms. The van der Waals surface area contributed by atoms with Crippen molar-refractivity contribution >= 4 is 23.5 Å². The van der Waals surface area contributed by atoms with Gasteiger partial charge in [0, 0.05) is 30.9 Å². The van der Waals surface area contributed by atoms with Crippen LogP contribution in [0, 0.1) is 6.92 Å². The Morgan fingerprint density at radius 2 is 2.08 bits per heavy atom. The number of nitrogens with zero attached hydrogens (tertiary/aromatic N) is 5. The molecule has 1 unspecified atom stereocenters. The molecule has 1 saturated heterocycles. The molecule has 1 fully saturated rings. The molecule has 2 aliphatic heterocycles. The molecular weight excluding hydrogens is 505 g/mol. The van der Waals surface area contributed by atoms with Crippen LogP contribution in [0.3, 0.4) is 0 Å². The Hall–Kier alpha value is -3.97. The largest absolute Gasteiger partial charge is 0.475 e. The quantitative estimate of drug-likeness (QED) is 0.444. The number of urea groups is 1. The molecule has 2 aromatic heterocycles. The standard InChI is InChI=1S/C25H25F3N6O4/c1-14-9-19-22(31-21(14)15-3-2-4-16(10-15)25(26,27)28)34(17-6-8-33(19)11-17)24(37)32-23-29-7-5-20(30-23)38-13-18(36)12-35/h2-5,7,9-10,17-18,35-36H,6,8,11-13H2,1H3,(H,29,30,32,37)/t17?,18-/m1/s1. The van der Waals surface area contributed by atoms with Gasteiger partial charge in [0.25, 0.3) is 0 Å². The fourth-order valence-corrected chi connectivity index (χ4v) is 4.61. The molecule has 3 N–H and O–H groups in total. The minimum Gasteiger partial charge on any atom is -0.475 e. The van der Waals surface area contributed by atoms with Crippen molar-refractivity contribution < 1.29 is 32.9 Å². The monoisotopic (exact) mass is 530 g/mol. The third-order valence-electron chi connectivity index (χ3n) is 6.44. The first-order chi connectivity index (χ1) is 18.1. The van der Waals surface area contributed by atoms with Crippen LogP contribution < -0.4 is 19.9 Å². The molecule has 2 aliphatic rings. The van der Waals surface area contributed by atoms with Crippen molar-refractivity contribution in [3.8, 4) is 17.1 Å². The van der Waals surface area contributed by atoms with Crippen molar-refractivity contribution in [2.24, 2.45) is 0 Å². The highest BCUT2D eigenvalue weighted by atomic mass is 19.4. The van der Waals surface area contributed by atoms with E-state index in [0.717, 1.165) is 17.8 Å². The summed E-state index contributed by atoms with van der Waals surface area (Å²) in [7, 11) is 0. The van der Waals surface area contributed by atoms with E-state index in [2.05, 4.69) is 20.2 Å². The summed E-state index contributed by atoms with van der Waals surface area (Å²) in [4.78, 5) is 30.0. The van der Waals surface area contributed by atoms with Crippen molar-refractivity contribution in [3.05, 3.63) is 53.7 Å². The predicted molar refractivity (Wildman–Crippen MR) is 132 cm³/mol. The van der Waals surface area contributed by atoms with E-state index in [0.29, 0.717) is 42.1 Å². The number of pyridine rings is 1. The molecule has 5 rings (SSSR count). The first-order valence-corrected chi connectivity index (χ1v) is 11.9. The van der Waals surface area contributed by atoms with Crippen LogP contribution in [0.5, 0.6) is 5.88 Å². The average molecular weight is 531 g/mol. The Kier molecular flexibility index (Phi) is 6.80. The molecule has 2 bridgehead atoms. The maximum absolute atomic E-state index is 13.5. The predicted octanol–water partition coefficient (Wildman–Crippen LogP) is 3.23. The molecule has 10 nitrogen and oxygen atoms in total. The molecule has 200 valence electrons. The van der Waals surface area contributed by atoms with Gasteiger partial charge in [0.1, 0.15) is 12.7 Å². The van der Waals surface area contributed by atoms with Crippen LogP contribution >= 0.6 is 0 Å². The average Bonchev–Trinajstić information content (AvgIpc) is 3.31. The first kappa shape index (κ1) is 25.7. The number of fused-ring (bicyclic) bond motifs is 4. The number of hydrogen-bond acceptors (Lipinski definition) is 8. The number of alkyl halides is 3. The molecule has 0 radical (unpaired) electrons. The lowest BCUT2D eigenvalue weighted by atomic mass is 10.0. The summed E-state index contributed by atoms with van der Waals surface area (Å²) in [6, 6.07) is 7.49. The number of anilines is 3. The molecule has 13 heteroatoms. The van der Waals surface area contributed by atoms with E-state index in [9.17, 15) is 23.1 Å². The van der Waals surface area contributed by atoms with Gasteiger partial charge >= 0.3 is 12.2 Å². The Bertz CT molecular complexity index is 1350. The number of nitrogens with one attached hydrogen (secondary N) is 1. The zero-order valence-corrected chi connectivity index (χ0v) is 20.3. The minimum atomic E-state index is -4.50. The van der Waals surface area contributed by atoms with Crippen molar-refractivity contribution in [1.29, 1.82) is 0 Å². The van der Waals surface area contributed by atoms with E-state index in [4.69, 9.17) is 14.8 Å². The number of rotatable bonds is 6. The van der Waals surface area contributed by atoms with Gasteiger partial charge in [-0.05, 0) is 37.1 Å². The van der Waals surface area contributed by atoms with E-state index < -0.39 is 30.5 Å². The number of aromatic nitrogens is 3. The van der Waals surface area contributed by atoms with Crippen LogP contribution in [-0.4, -0.2) is 69.6 Å². The zero-order chi connectivity index (χ0) is 27.0. The molecule has 4 heterocycles. The zero-order valence-electron chi connectivity index (χ0n) is 20.3. The van der Waals surface area contributed by atoms with Gasteiger partial charge < -0.3 is 19.8 Å². The maximum atomic E-state index is 13.5. The Morgan fingerprint density at radius 3 is 2.84 bits per heavy atom. The second kappa shape index (κ2) is 10.1. The molecule has 0 aliphatic carbocycles. The topological polar surface area (TPSA) is 124 Å². The van der Waals surface area contributed by atoms with Gasteiger partial charge in [-0.15, -0.1) is 0 Å². The second-order valence-corrected chi connectivity index (χ2v) is 9.13. The number of carbonyl (C=O) groups excluding carboxylic acids is 1. The van der Waals surface area contributed by atoms with Crippen LogP contribution in [0.2, 0.25) is 0 Å². The lowest BCUT2D eigenvalue weighted by Crippen LogP contribution is -2.48. The molecule has 2 amide bonds.